The molecule has 0 aliphatic carbocycles. The first-order valence-corrected chi connectivity index (χ1v) is 6.68. The normalized spacial score (nSPS) is 11.9. The molecule has 0 radical (unpaired) electrons. The second kappa shape index (κ2) is 7.59. The largest absolute Gasteiger partial charge is 0.351 e. The molecule has 0 bridgehead atoms. The fourth-order valence-electron chi connectivity index (χ4n) is 1.73. The predicted octanol–water partition coefficient (Wildman–Crippen LogP) is 1.91. The molecule has 0 fully saturated rings. The molecule has 1 aromatic carbocycles. The van der Waals surface area contributed by atoms with Gasteiger partial charge in [0.15, 0.2) is 0 Å². The molecule has 1 amide bonds. The Kier molecular flexibility index (Phi) is 6.11. The predicted molar refractivity (Wildman–Crippen MR) is 77.4 cm³/mol. The van der Waals surface area contributed by atoms with E-state index in [2.05, 4.69) is 10.6 Å². The highest BCUT2D eigenvalue weighted by molar-refractivity contribution is 5.78. The third-order valence-corrected chi connectivity index (χ3v) is 3.31. The minimum Gasteiger partial charge on any atom is -0.351 e. The maximum absolute atomic E-state index is 11.7. The van der Waals surface area contributed by atoms with Gasteiger partial charge in [0.1, 0.15) is 0 Å². The summed E-state index contributed by atoms with van der Waals surface area (Å²) in [5, 5.41) is 16.7. The summed E-state index contributed by atoms with van der Waals surface area (Å²) in [6.45, 7) is 6.30. The monoisotopic (exact) mass is 279 g/mol. The van der Waals surface area contributed by atoms with Crippen molar-refractivity contribution < 1.29 is 9.72 Å². The quantitative estimate of drug-likeness (QED) is 0.590. The van der Waals surface area contributed by atoms with Gasteiger partial charge in [-0.15, -0.1) is 0 Å². The van der Waals surface area contributed by atoms with E-state index in [1.54, 1.807) is 19.1 Å². The van der Waals surface area contributed by atoms with Crippen molar-refractivity contribution in [2.24, 2.45) is 0 Å². The Labute approximate surface area is 118 Å². The van der Waals surface area contributed by atoms with Gasteiger partial charge in [-0.1, -0.05) is 19.1 Å². The van der Waals surface area contributed by atoms with E-state index in [9.17, 15) is 14.9 Å². The van der Waals surface area contributed by atoms with Crippen LogP contribution in [-0.4, -0.2) is 23.4 Å². The van der Waals surface area contributed by atoms with Gasteiger partial charge in [0.25, 0.3) is 5.69 Å². The number of rotatable bonds is 7. The number of nitrogens with zero attached hydrogens (tertiary/aromatic N) is 1. The van der Waals surface area contributed by atoms with Crippen molar-refractivity contribution in [3.63, 3.8) is 0 Å². The molecule has 1 unspecified atom stereocenters. The zero-order valence-electron chi connectivity index (χ0n) is 12.1. The molecule has 0 spiro atoms. The highest BCUT2D eigenvalue weighted by Gasteiger charge is 2.13. The molecule has 0 saturated carbocycles. The standard InChI is InChI=1S/C14H21N3O3/c1-4-10(2)15-9-14(18)16-8-12-6-5-7-13(11(12)3)17(19)20/h5-7,10,15H,4,8-9H2,1-3H3,(H,16,18). The van der Waals surface area contributed by atoms with Crippen LogP contribution in [0.3, 0.4) is 0 Å². The number of carbonyl (C=O) groups is 1. The van der Waals surface area contributed by atoms with Crippen molar-refractivity contribution in [2.45, 2.75) is 39.8 Å². The molecule has 0 aliphatic heterocycles. The van der Waals surface area contributed by atoms with E-state index in [-0.39, 0.29) is 18.1 Å². The van der Waals surface area contributed by atoms with Crippen molar-refractivity contribution in [3.05, 3.63) is 39.4 Å². The molecule has 0 aliphatic rings. The maximum Gasteiger partial charge on any atom is 0.272 e. The molecular weight excluding hydrogens is 258 g/mol. The Bertz CT molecular complexity index is 489. The van der Waals surface area contributed by atoms with E-state index in [0.29, 0.717) is 18.2 Å². The molecule has 6 nitrogen and oxygen atoms in total. The average Bonchev–Trinajstić information content (AvgIpc) is 2.43. The van der Waals surface area contributed by atoms with Gasteiger partial charge in [0.2, 0.25) is 5.91 Å². The van der Waals surface area contributed by atoms with Gasteiger partial charge >= 0.3 is 0 Å². The smallest absolute Gasteiger partial charge is 0.272 e. The van der Waals surface area contributed by atoms with E-state index in [4.69, 9.17) is 0 Å². The van der Waals surface area contributed by atoms with Gasteiger partial charge in [0.05, 0.1) is 11.5 Å². The number of benzene rings is 1. The second-order valence-electron chi connectivity index (χ2n) is 4.79. The van der Waals surface area contributed by atoms with Gasteiger partial charge in [-0.3, -0.25) is 14.9 Å². The molecule has 6 heteroatoms. The Morgan fingerprint density at radius 1 is 1.45 bits per heavy atom. The lowest BCUT2D eigenvalue weighted by molar-refractivity contribution is -0.385. The Hall–Kier alpha value is -1.95. The number of hydrogen-bond acceptors (Lipinski definition) is 4. The Morgan fingerprint density at radius 2 is 2.15 bits per heavy atom. The fourth-order valence-corrected chi connectivity index (χ4v) is 1.73. The van der Waals surface area contributed by atoms with Gasteiger partial charge in [-0.25, -0.2) is 0 Å². The van der Waals surface area contributed by atoms with E-state index in [0.717, 1.165) is 12.0 Å². The first-order chi connectivity index (χ1) is 9.45. The summed E-state index contributed by atoms with van der Waals surface area (Å²) in [5.41, 5.74) is 1.43. The van der Waals surface area contributed by atoms with E-state index >= 15 is 0 Å². The number of nitro groups is 1. The van der Waals surface area contributed by atoms with E-state index in [1.807, 2.05) is 13.8 Å². The number of carbonyl (C=O) groups excluding carboxylic acids is 1. The third kappa shape index (κ3) is 4.62. The molecule has 2 N–H and O–H groups in total. The van der Waals surface area contributed by atoms with Crippen LogP contribution in [0.4, 0.5) is 5.69 Å². The summed E-state index contributed by atoms with van der Waals surface area (Å²) >= 11 is 0. The molecule has 0 heterocycles. The van der Waals surface area contributed by atoms with Gasteiger partial charge in [-0.05, 0) is 25.8 Å². The summed E-state index contributed by atoms with van der Waals surface area (Å²) in [5.74, 6) is -0.115. The fraction of sp³-hybridized carbons (Fsp3) is 0.500. The number of nitro benzene ring substituents is 1. The first-order valence-electron chi connectivity index (χ1n) is 6.68. The van der Waals surface area contributed by atoms with E-state index < -0.39 is 4.92 Å². The second-order valence-corrected chi connectivity index (χ2v) is 4.79. The van der Waals surface area contributed by atoms with Crippen LogP contribution in [-0.2, 0) is 11.3 Å². The number of hydrogen-bond donors (Lipinski definition) is 2. The molecular formula is C14H21N3O3. The van der Waals surface area contributed by atoms with Crippen LogP contribution in [0.2, 0.25) is 0 Å². The van der Waals surface area contributed by atoms with Crippen LogP contribution in [0, 0.1) is 17.0 Å². The molecule has 1 atom stereocenters. The van der Waals surface area contributed by atoms with Crippen LogP contribution in [0.5, 0.6) is 0 Å². The van der Waals surface area contributed by atoms with Gasteiger partial charge in [0, 0.05) is 24.2 Å². The summed E-state index contributed by atoms with van der Waals surface area (Å²) in [4.78, 5) is 22.1. The molecule has 110 valence electrons. The highest BCUT2D eigenvalue weighted by atomic mass is 16.6. The van der Waals surface area contributed by atoms with Crippen molar-refractivity contribution in [2.75, 3.05) is 6.54 Å². The molecule has 1 aromatic rings. The third-order valence-electron chi connectivity index (χ3n) is 3.31. The summed E-state index contributed by atoms with van der Waals surface area (Å²) in [6.07, 6.45) is 0.956. The number of amides is 1. The highest BCUT2D eigenvalue weighted by Crippen LogP contribution is 2.20. The van der Waals surface area contributed by atoms with Crippen LogP contribution < -0.4 is 10.6 Å². The number of nitrogens with one attached hydrogen (secondary N) is 2. The lowest BCUT2D eigenvalue weighted by Gasteiger charge is -2.12. The average molecular weight is 279 g/mol. The van der Waals surface area contributed by atoms with Crippen molar-refractivity contribution in [3.8, 4) is 0 Å². The van der Waals surface area contributed by atoms with Crippen LogP contribution in [0.1, 0.15) is 31.4 Å². The van der Waals surface area contributed by atoms with E-state index in [1.165, 1.54) is 6.07 Å². The summed E-state index contributed by atoms with van der Waals surface area (Å²) < 4.78 is 0. The van der Waals surface area contributed by atoms with Gasteiger partial charge < -0.3 is 10.6 Å². The Balaban J connectivity index is 2.56. The van der Waals surface area contributed by atoms with Crippen molar-refractivity contribution in [1.82, 2.24) is 10.6 Å². The minimum atomic E-state index is -0.412. The van der Waals surface area contributed by atoms with Crippen LogP contribution in [0.15, 0.2) is 18.2 Å². The van der Waals surface area contributed by atoms with Crippen molar-refractivity contribution >= 4 is 11.6 Å². The zero-order chi connectivity index (χ0) is 15.1. The zero-order valence-corrected chi connectivity index (χ0v) is 12.1. The first kappa shape index (κ1) is 16.1. The van der Waals surface area contributed by atoms with Crippen LogP contribution in [0.25, 0.3) is 0 Å². The topological polar surface area (TPSA) is 84.3 Å². The Morgan fingerprint density at radius 3 is 2.75 bits per heavy atom. The summed E-state index contributed by atoms with van der Waals surface area (Å²) in [7, 11) is 0. The van der Waals surface area contributed by atoms with Crippen LogP contribution >= 0.6 is 0 Å². The SMILES string of the molecule is CCC(C)NCC(=O)NCc1cccc([N+](=O)[O-])c1C. The molecule has 0 aromatic heterocycles. The van der Waals surface area contributed by atoms with Crippen molar-refractivity contribution in [1.29, 1.82) is 0 Å². The lowest BCUT2D eigenvalue weighted by Crippen LogP contribution is -2.37. The molecule has 20 heavy (non-hydrogen) atoms. The lowest BCUT2D eigenvalue weighted by atomic mass is 10.1. The molecule has 1 rings (SSSR count). The minimum absolute atomic E-state index is 0.0782. The van der Waals surface area contributed by atoms with Gasteiger partial charge in [-0.2, -0.15) is 0 Å². The summed E-state index contributed by atoms with van der Waals surface area (Å²) in [6, 6.07) is 5.17. The maximum atomic E-state index is 11.7. The molecule has 0 saturated heterocycles.